The van der Waals surface area contributed by atoms with Gasteiger partial charge in [-0.25, -0.2) is 0 Å². The number of carbonyl (C=O) groups excluding carboxylic acids is 2. The van der Waals surface area contributed by atoms with Crippen LogP contribution in [0, 0.1) is 0 Å². The van der Waals surface area contributed by atoms with Gasteiger partial charge in [0.25, 0.3) is 0 Å². The fourth-order valence-corrected chi connectivity index (χ4v) is 1.65. The first-order valence-corrected chi connectivity index (χ1v) is 6.56. The predicted octanol–water partition coefficient (Wildman–Crippen LogP) is 1.55. The first-order chi connectivity index (χ1) is 8.76. The van der Waals surface area contributed by atoms with E-state index in [1.54, 1.807) is 0 Å². The molecule has 2 amide bonds. The lowest BCUT2D eigenvalue weighted by molar-refractivity contribution is -0.126. The molecule has 0 aliphatic carbocycles. The molecule has 0 aliphatic rings. The monoisotopic (exact) mass is 280 g/mol. The van der Waals surface area contributed by atoms with Gasteiger partial charge in [0.1, 0.15) is 0 Å². The van der Waals surface area contributed by atoms with Crippen LogP contribution in [0.5, 0.6) is 0 Å². The van der Waals surface area contributed by atoms with Crippen LogP contribution in [0.25, 0.3) is 0 Å². The van der Waals surface area contributed by atoms with Crippen molar-refractivity contribution in [3.8, 4) is 0 Å². The molecule has 5 heteroatoms. The summed E-state index contributed by atoms with van der Waals surface area (Å²) in [6.07, 6.45) is 0.261. The molecule has 0 heterocycles. The first kappa shape index (κ1) is 15.6. The third-order valence-electron chi connectivity index (χ3n) is 2.26. The van der Waals surface area contributed by atoms with Gasteiger partial charge in [-0.15, -0.1) is 12.6 Å². The summed E-state index contributed by atoms with van der Waals surface area (Å²) < 4.78 is 0. The van der Waals surface area contributed by atoms with Gasteiger partial charge in [-0.3, -0.25) is 9.59 Å². The second kappa shape index (κ2) is 6.61. The average molecular weight is 280 g/mol. The number of carbonyl (C=O) groups is 2. The van der Waals surface area contributed by atoms with Crippen LogP contribution in [-0.4, -0.2) is 23.9 Å². The highest BCUT2D eigenvalue weighted by Gasteiger charge is 2.14. The Morgan fingerprint density at radius 2 is 1.68 bits per heavy atom. The maximum atomic E-state index is 11.7. The van der Waals surface area contributed by atoms with E-state index < -0.39 is 0 Å². The molecule has 0 unspecified atom stereocenters. The van der Waals surface area contributed by atoms with Crippen molar-refractivity contribution in [2.75, 3.05) is 6.54 Å². The fraction of sp³-hybridized carbons (Fsp3) is 0.429. The van der Waals surface area contributed by atoms with Crippen molar-refractivity contribution in [2.45, 2.75) is 37.6 Å². The summed E-state index contributed by atoms with van der Waals surface area (Å²) in [4.78, 5) is 24.0. The molecule has 0 bridgehead atoms. The van der Waals surface area contributed by atoms with Gasteiger partial charge in [-0.05, 0) is 38.5 Å². The summed E-state index contributed by atoms with van der Waals surface area (Å²) >= 11 is 4.18. The van der Waals surface area contributed by atoms with E-state index in [2.05, 4.69) is 23.3 Å². The molecule has 1 rings (SSSR count). The minimum absolute atomic E-state index is 0.000749. The minimum Gasteiger partial charge on any atom is -0.350 e. The van der Waals surface area contributed by atoms with Crippen LogP contribution < -0.4 is 10.6 Å². The number of thiol groups is 1. The molecule has 0 saturated heterocycles. The summed E-state index contributed by atoms with van der Waals surface area (Å²) in [5.74, 6) is -0.359. The molecule has 0 aromatic heterocycles. The van der Waals surface area contributed by atoms with Crippen molar-refractivity contribution in [1.82, 2.24) is 10.6 Å². The summed E-state index contributed by atoms with van der Waals surface area (Å²) in [7, 11) is 0. The Hall–Kier alpha value is -1.49. The van der Waals surface area contributed by atoms with E-state index >= 15 is 0 Å². The van der Waals surface area contributed by atoms with Crippen molar-refractivity contribution in [1.29, 1.82) is 0 Å². The Morgan fingerprint density at radius 1 is 1.11 bits per heavy atom. The maximum Gasteiger partial charge on any atom is 0.239 e. The number of benzene rings is 1. The lowest BCUT2D eigenvalue weighted by Gasteiger charge is -2.20. The molecular weight excluding hydrogens is 260 g/mol. The van der Waals surface area contributed by atoms with Crippen LogP contribution in [0.2, 0.25) is 0 Å². The highest BCUT2D eigenvalue weighted by atomic mass is 32.1. The van der Waals surface area contributed by atoms with Crippen molar-refractivity contribution < 1.29 is 9.59 Å². The Labute approximate surface area is 119 Å². The van der Waals surface area contributed by atoms with Crippen molar-refractivity contribution >= 4 is 24.4 Å². The van der Waals surface area contributed by atoms with Gasteiger partial charge in [-0.2, -0.15) is 0 Å². The molecule has 0 aliphatic heterocycles. The van der Waals surface area contributed by atoms with Crippen LogP contribution >= 0.6 is 12.6 Å². The lowest BCUT2D eigenvalue weighted by Crippen LogP contribution is -2.46. The van der Waals surface area contributed by atoms with E-state index in [9.17, 15) is 9.59 Å². The maximum absolute atomic E-state index is 11.7. The van der Waals surface area contributed by atoms with Gasteiger partial charge in [0.05, 0.1) is 13.0 Å². The molecule has 0 saturated carbocycles. The zero-order valence-corrected chi connectivity index (χ0v) is 12.4. The Bertz CT molecular complexity index is 450. The lowest BCUT2D eigenvalue weighted by atomic mass is 10.1. The van der Waals surface area contributed by atoms with Gasteiger partial charge in [0.2, 0.25) is 11.8 Å². The molecular formula is C14H20N2O2S. The van der Waals surface area contributed by atoms with Crippen LogP contribution in [0.1, 0.15) is 26.3 Å². The van der Waals surface area contributed by atoms with Crippen molar-refractivity contribution in [3.05, 3.63) is 29.8 Å². The smallest absolute Gasteiger partial charge is 0.239 e. The Kier molecular flexibility index (Phi) is 5.42. The molecule has 0 fully saturated rings. The zero-order valence-electron chi connectivity index (χ0n) is 11.5. The van der Waals surface area contributed by atoms with Gasteiger partial charge in [-0.1, -0.05) is 12.1 Å². The van der Waals surface area contributed by atoms with Gasteiger partial charge in [0.15, 0.2) is 0 Å². The molecule has 2 N–H and O–H groups in total. The van der Waals surface area contributed by atoms with Gasteiger partial charge >= 0.3 is 0 Å². The fourth-order valence-electron chi connectivity index (χ4n) is 1.50. The standard InChI is InChI=1S/C14H20N2O2S/c1-14(2,3)16-13(18)9-15-12(17)8-10-4-6-11(19)7-5-10/h4-7,19H,8-9H2,1-3H3,(H,15,17)(H,16,18). The van der Waals surface area contributed by atoms with Gasteiger partial charge in [0, 0.05) is 10.4 Å². The summed E-state index contributed by atoms with van der Waals surface area (Å²) in [6, 6.07) is 7.35. The number of amides is 2. The van der Waals surface area contributed by atoms with Crippen LogP contribution in [0.3, 0.4) is 0 Å². The molecule has 1 aromatic rings. The summed E-state index contributed by atoms with van der Waals surface area (Å²) in [6.45, 7) is 5.68. The van der Waals surface area contributed by atoms with E-state index in [-0.39, 0.29) is 30.3 Å². The average Bonchev–Trinajstić information content (AvgIpc) is 2.27. The molecule has 0 atom stereocenters. The number of hydrogen-bond acceptors (Lipinski definition) is 3. The number of rotatable bonds is 4. The first-order valence-electron chi connectivity index (χ1n) is 6.12. The highest BCUT2D eigenvalue weighted by Crippen LogP contribution is 2.08. The van der Waals surface area contributed by atoms with Gasteiger partial charge < -0.3 is 10.6 Å². The molecule has 19 heavy (non-hydrogen) atoms. The van der Waals surface area contributed by atoms with E-state index in [0.717, 1.165) is 10.5 Å². The van der Waals surface area contributed by atoms with Crippen LogP contribution in [0.4, 0.5) is 0 Å². The molecule has 0 spiro atoms. The van der Waals surface area contributed by atoms with Crippen molar-refractivity contribution in [3.63, 3.8) is 0 Å². The second-order valence-corrected chi connectivity index (χ2v) is 5.93. The molecule has 104 valence electrons. The molecule has 1 aromatic carbocycles. The van der Waals surface area contributed by atoms with Crippen molar-refractivity contribution in [2.24, 2.45) is 0 Å². The van der Waals surface area contributed by atoms with E-state index in [4.69, 9.17) is 0 Å². The summed E-state index contributed by atoms with van der Waals surface area (Å²) in [5.41, 5.74) is 0.607. The number of hydrogen-bond donors (Lipinski definition) is 3. The van der Waals surface area contributed by atoms with E-state index in [0.29, 0.717) is 0 Å². The van der Waals surface area contributed by atoms with Crippen LogP contribution in [-0.2, 0) is 16.0 Å². The third kappa shape index (κ3) is 6.86. The second-order valence-electron chi connectivity index (χ2n) is 5.42. The highest BCUT2D eigenvalue weighted by molar-refractivity contribution is 7.80. The van der Waals surface area contributed by atoms with Crippen LogP contribution in [0.15, 0.2) is 29.2 Å². The van der Waals surface area contributed by atoms with E-state index in [1.165, 1.54) is 0 Å². The number of nitrogens with one attached hydrogen (secondary N) is 2. The Balaban J connectivity index is 2.36. The topological polar surface area (TPSA) is 58.2 Å². The zero-order chi connectivity index (χ0) is 14.5. The third-order valence-corrected chi connectivity index (χ3v) is 2.56. The normalized spacial score (nSPS) is 10.9. The summed E-state index contributed by atoms with van der Waals surface area (Å²) in [5, 5.41) is 5.38. The molecule has 0 radical (unpaired) electrons. The quantitative estimate of drug-likeness (QED) is 0.733. The van der Waals surface area contributed by atoms with E-state index in [1.807, 2.05) is 45.0 Å². The predicted molar refractivity (Wildman–Crippen MR) is 78.3 cm³/mol. The minimum atomic E-state index is -0.287. The molecule has 4 nitrogen and oxygen atoms in total. The largest absolute Gasteiger partial charge is 0.350 e. The SMILES string of the molecule is CC(C)(C)NC(=O)CNC(=O)Cc1ccc(S)cc1. The Morgan fingerprint density at radius 3 is 2.21 bits per heavy atom.